The number of benzene rings is 2. The van der Waals surface area contributed by atoms with Gasteiger partial charge in [0.05, 0.1) is 16.1 Å². The fraction of sp³-hybridized carbons (Fsp3) is 0.368. The number of nitrogens with one attached hydrogen (secondary N) is 1. The van der Waals surface area contributed by atoms with Gasteiger partial charge in [-0.05, 0) is 54.2 Å². The number of halogens is 4. The number of rotatable bonds is 3. The van der Waals surface area contributed by atoms with Crippen LogP contribution in [0.4, 0.5) is 18.9 Å². The van der Waals surface area contributed by atoms with Gasteiger partial charge in [0.1, 0.15) is 0 Å². The molecule has 2 aromatic rings. The molecular weight excluding hydrogens is 443 g/mol. The zero-order chi connectivity index (χ0) is 20.8. The molecule has 27 heavy (non-hydrogen) atoms. The second kappa shape index (κ2) is 7.13. The molecule has 0 aromatic heterocycles. The van der Waals surface area contributed by atoms with Crippen LogP contribution in [0.1, 0.15) is 43.0 Å². The van der Waals surface area contributed by atoms with Crippen molar-refractivity contribution in [3.63, 3.8) is 0 Å². The molecule has 0 bridgehead atoms. The molecule has 1 N–H and O–H groups in total. The van der Waals surface area contributed by atoms with Gasteiger partial charge in [-0.1, -0.05) is 48.8 Å². The molecule has 0 aliphatic heterocycles. The van der Waals surface area contributed by atoms with E-state index in [2.05, 4.69) is 20.7 Å². The van der Waals surface area contributed by atoms with Crippen molar-refractivity contribution in [2.45, 2.75) is 51.1 Å². The first kappa shape index (κ1) is 21.8. The van der Waals surface area contributed by atoms with Crippen molar-refractivity contribution in [2.24, 2.45) is 0 Å². The molecule has 148 valence electrons. The van der Waals surface area contributed by atoms with Crippen LogP contribution >= 0.6 is 15.9 Å². The smallest absolute Gasteiger partial charge is 0.280 e. The Bertz CT molecular complexity index is 954. The van der Waals surface area contributed by atoms with Crippen LogP contribution in [0.5, 0.6) is 0 Å². The van der Waals surface area contributed by atoms with Crippen LogP contribution in [0.25, 0.3) is 0 Å². The Kier molecular flexibility index (Phi) is 5.74. The average molecular weight is 464 g/mol. The highest BCUT2D eigenvalue weighted by molar-refractivity contribution is 9.10. The minimum absolute atomic E-state index is 0.0732. The van der Waals surface area contributed by atoms with Crippen LogP contribution in [0.15, 0.2) is 39.7 Å². The van der Waals surface area contributed by atoms with Crippen molar-refractivity contribution in [1.82, 2.24) is 0 Å². The summed E-state index contributed by atoms with van der Waals surface area (Å²) in [5, 5.41) is 0. The summed E-state index contributed by atoms with van der Waals surface area (Å²) in [6, 6.07) is 6.55. The van der Waals surface area contributed by atoms with Crippen molar-refractivity contribution < 1.29 is 21.6 Å². The Balaban J connectivity index is 2.51. The largest absolute Gasteiger partial charge is 0.416 e. The lowest BCUT2D eigenvalue weighted by molar-refractivity contribution is -0.137. The first-order chi connectivity index (χ1) is 12.1. The monoisotopic (exact) mass is 463 g/mol. The Labute approximate surface area is 166 Å². The van der Waals surface area contributed by atoms with Gasteiger partial charge in [0.15, 0.2) is 0 Å². The summed E-state index contributed by atoms with van der Waals surface area (Å²) in [7, 11) is -4.05. The third-order valence-electron chi connectivity index (χ3n) is 4.07. The van der Waals surface area contributed by atoms with Crippen molar-refractivity contribution in [3.05, 3.63) is 57.1 Å². The molecule has 0 saturated carbocycles. The molecule has 2 aromatic carbocycles. The molecule has 0 atom stereocenters. The summed E-state index contributed by atoms with van der Waals surface area (Å²) in [4.78, 5) is 0.0732. The second-order valence-corrected chi connectivity index (χ2v) is 10.1. The van der Waals surface area contributed by atoms with E-state index in [1.165, 1.54) is 6.07 Å². The maximum atomic E-state index is 13.0. The lowest BCUT2D eigenvalue weighted by Crippen LogP contribution is -2.18. The van der Waals surface area contributed by atoms with E-state index in [4.69, 9.17) is 0 Å². The van der Waals surface area contributed by atoms with E-state index in [-0.39, 0.29) is 20.5 Å². The molecule has 0 radical (unpaired) electrons. The highest BCUT2D eigenvalue weighted by atomic mass is 79.9. The highest BCUT2D eigenvalue weighted by Crippen LogP contribution is 2.35. The number of sulfonamides is 1. The van der Waals surface area contributed by atoms with E-state index < -0.39 is 21.8 Å². The van der Waals surface area contributed by atoms with Gasteiger partial charge < -0.3 is 0 Å². The van der Waals surface area contributed by atoms with E-state index in [0.717, 1.165) is 17.7 Å². The Morgan fingerprint density at radius 2 is 1.41 bits per heavy atom. The zero-order valence-corrected chi connectivity index (χ0v) is 18.0. The number of aryl methyl sites for hydroxylation is 2. The van der Waals surface area contributed by atoms with Crippen molar-refractivity contribution in [1.29, 1.82) is 0 Å². The molecule has 0 fully saturated rings. The average Bonchev–Trinajstić information content (AvgIpc) is 2.42. The normalized spacial score (nSPS) is 12.9. The van der Waals surface area contributed by atoms with Gasteiger partial charge >= 0.3 is 6.18 Å². The van der Waals surface area contributed by atoms with Crippen LogP contribution < -0.4 is 4.72 Å². The van der Waals surface area contributed by atoms with Gasteiger partial charge in [-0.3, -0.25) is 4.72 Å². The van der Waals surface area contributed by atoms with Gasteiger partial charge in [0, 0.05) is 4.47 Å². The summed E-state index contributed by atoms with van der Waals surface area (Å²) < 4.78 is 67.1. The molecule has 0 heterocycles. The Hall–Kier alpha value is -1.54. The van der Waals surface area contributed by atoms with Crippen LogP contribution in [-0.4, -0.2) is 8.42 Å². The van der Waals surface area contributed by atoms with Crippen molar-refractivity contribution >= 4 is 31.6 Å². The molecule has 0 unspecified atom stereocenters. The molecule has 2 rings (SSSR count). The minimum atomic E-state index is -4.58. The number of alkyl halides is 3. The fourth-order valence-electron chi connectivity index (χ4n) is 2.83. The highest BCUT2D eigenvalue weighted by Gasteiger charge is 2.32. The van der Waals surface area contributed by atoms with E-state index >= 15 is 0 Å². The van der Waals surface area contributed by atoms with Gasteiger partial charge in [-0.15, -0.1) is 0 Å². The summed E-state index contributed by atoms with van der Waals surface area (Å²) >= 11 is 2.99. The second-order valence-electron chi connectivity index (χ2n) is 7.52. The van der Waals surface area contributed by atoms with Crippen LogP contribution in [0.2, 0.25) is 0 Å². The number of hydrogen-bond acceptors (Lipinski definition) is 2. The number of anilines is 1. The van der Waals surface area contributed by atoms with Crippen LogP contribution in [0.3, 0.4) is 0 Å². The standard InChI is InChI=1S/C19H21BrF3NO2S/c1-11-6-13(18(3,4)5)7-12(2)17(11)27(25,26)24-16-9-14(19(21,22)23)8-15(20)10-16/h6-10,24H,1-5H3. The van der Waals surface area contributed by atoms with Crippen LogP contribution in [-0.2, 0) is 21.6 Å². The lowest BCUT2D eigenvalue weighted by atomic mass is 9.85. The van der Waals surface area contributed by atoms with E-state index in [1.54, 1.807) is 26.0 Å². The summed E-state index contributed by atoms with van der Waals surface area (Å²) in [6.07, 6.45) is -4.58. The molecule has 0 aliphatic carbocycles. The Morgan fingerprint density at radius 3 is 1.85 bits per heavy atom. The van der Waals surface area contributed by atoms with Gasteiger partial charge in [0.2, 0.25) is 0 Å². The van der Waals surface area contributed by atoms with Gasteiger partial charge in [-0.2, -0.15) is 13.2 Å². The summed E-state index contributed by atoms with van der Waals surface area (Å²) in [5.74, 6) is 0. The minimum Gasteiger partial charge on any atom is -0.280 e. The molecule has 0 amide bonds. The fourth-order valence-corrected chi connectivity index (χ4v) is 4.81. The zero-order valence-electron chi connectivity index (χ0n) is 15.6. The molecule has 0 aliphatic rings. The SMILES string of the molecule is Cc1cc(C(C)(C)C)cc(C)c1S(=O)(=O)Nc1cc(Br)cc(C(F)(F)F)c1. The van der Waals surface area contributed by atoms with E-state index in [0.29, 0.717) is 11.1 Å². The number of hydrogen-bond donors (Lipinski definition) is 1. The molecule has 0 saturated heterocycles. The van der Waals surface area contributed by atoms with E-state index in [1.807, 2.05) is 20.8 Å². The molecule has 8 heteroatoms. The molecular formula is C19H21BrF3NO2S. The first-order valence-electron chi connectivity index (χ1n) is 8.13. The molecule has 0 spiro atoms. The first-order valence-corrected chi connectivity index (χ1v) is 10.4. The lowest BCUT2D eigenvalue weighted by Gasteiger charge is -2.22. The molecule has 3 nitrogen and oxygen atoms in total. The van der Waals surface area contributed by atoms with Gasteiger partial charge in [-0.25, -0.2) is 8.42 Å². The quantitative estimate of drug-likeness (QED) is 0.590. The van der Waals surface area contributed by atoms with Crippen molar-refractivity contribution in [2.75, 3.05) is 4.72 Å². The predicted molar refractivity (Wildman–Crippen MR) is 105 cm³/mol. The third kappa shape index (κ3) is 5.04. The maximum absolute atomic E-state index is 13.0. The topological polar surface area (TPSA) is 46.2 Å². The summed E-state index contributed by atoms with van der Waals surface area (Å²) in [5.41, 5.74) is 0.814. The van der Waals surface area contributed by atoms with Crippen LogP contribution in [0, 0.1) is 13.8 Å². The third-order valence-corrected chi connectivity index (χ3v) is 6.22. The van der Waals surface area contributed by atoms with Gasteiger partial charge in [0.25, 0.3) is 10.0 Å². The van der Waals surface area contributed by atoms with E-state index in [9.17, 15) is 21.6 Å². The summed E-state index contributed by atoms with van der Waals surface area (Å²) in [6.45, 7) is 9.42. The Morgan fingerprint density at radius 1 is 0.889 bits per heavy atom. The maximum Gasteiger partial charge on any atom is 0.416 e. The predicted octanol–water partition coefficient (Wildman–Crippen LogP) is 6.18. The van der Waals surface area contributed by atoms with Crippen molar-refractivity contribution in [3.8, 4) is 0 Å².